The lowest BCUT2D eigenvalue weighted by Gasteiger charge is -2.25. The van der Waals surface area contributed by atoms with E-state index < -0.39 is 11.4 Å². The number of urea groups is 1. The second-order valence-electron chi connectivity index (χ2n) is 5.77. The molecule has 0 radical (unpaired) electrons. The summed E-state index contributed by atoms with van der Waals surface area (Å²) in [6.45, 7) is 10.3. The van der Waals surface area contributed by atoms with Gasteiger partial charge in [0.05, 0.1) is 5.41 Å². The molecule has 2 amide bonds. The minimum atomic E-state index is -0.905. The highest BCUT2D eigenvalue weighted by molar-refractivity contribution is 5.77. The van der Waals surface area contributed by atoms with Crippen LogP contribution in [0.25, 0.3) is 0 Å². The number of hydrogen-bond acceptors (Lipinski definition) is 2. The van der Waals surface area contributed by atoms with Crippen molar-refractivity contribution < 1.29 is 14.7 Å². The number of carboxylic acids is 1. The van der Waals surface area contributed by atoms with E-state index in [1.165, 1.54) is 0 Å². The third-order valence-corrected chi connectivity index (χ3v) is 3.62. The van der Waals surface area contributed by atoms with Gasteiger partial charge < -0.3 is 15.7 Å². The Balaban J connectivity index is 4.15. The van der Waals surface area contributed by atoms with E-state index in [0.29, 0.717) is 13.0 Å². The second-order valence-corrected chi connectivity index (χ2v) is 5.77. The predicted molar refractivity (Wildman–Crippen MR) is 71.5 cm³/mol. The summed E-state index contributed by atoms with van der Waals surface area (Å²) in [5.74, 6) is -0.890. The van der Waals surface area contributed by atoms with Gasteiger partial charge in [-0.15, -0.1) is 0 Å². The molecular formula is C13H26N2O3. The molecule has 5 nitrogen and oxygen atoms in total. The second kappa shape index (κ2) is 6.61. The molecule has 0 saturated heterocycles. The van der Waals surface area contributed by atoms with E-state index in [2.05, 4.69) is 31.4 Å². The molecule has 1 atom stereocenters. The SMILES string of the molecule is CCC(C)(C)CNC(=O)NCC(C)(CC)C(=O)O. The smallest absolute Gasteiger partial charge is 0.314 e. The molecule has 0 aliphatic heterocycles. The zero-order valence-electron chi connectivity index (χ0n) is 12.1. The van der Waals surface area contributed by atoms with Gasteiger partial charge in [-0.2, -0.15) is 0 Å². The average Bonchev–Trinajstić information content (AvgIpc) is 2.33. The molecule has 0 aliphatic carbocycles. The Morgan fingerprint density at radius 2 is 1.50 bits per heavy atom. The Hall–Kier alpha value is -1.26. The fourth-order valence-electron chi connectivity index (χ4n) is 1.13. The van der Waals surface area contributed by atoms with Gasteiger partial charge in [0.2, 0.25) is 0 Å². The van der Waals surface area contributed by atoms with E-state index in [1.807, 2.05) is 0 Å². The lowest BCUT2D eigenvalue weighted by atomic mass is 9.88. The van der Waals surface area contributed by atoms with Gasteiger partial charge in [0, 0.05) is 13.1 Å². The minimum Gasteiger partial charge on any atom is -0.481 e. The molecule has 0 aliphatic rings. The number of rotatable bonds is 7. The number of aliphatic carboxylic acids is 1. The number of carboxylic acid groups (broad SMARTS) is 1. The molecule has 0 aromatic carbocycles. The van der Waals surface area contributed by atoms with Crippen LogP contribution in [0.3, 0.4) is 0 Å². The molecule has 0 saturated carbocycles. The highest BCUT2D eigenvalue weighted by Crippen LogP contribution is 2.20. The predicted octanol–water partition coefficient (Wildman–Crippen LogP) is 2.22. The fraction of sp³-hybridized carbons (Fsp3) is 0.846. The molecule has 18 heavy (non-hydrogen) atoms. The van der Waals surface area contributed by atoms with E-state index >= 15 is 0 Å². The van der Waals surface area contributed by atoms with E-state index in [-0.39, 0.29) is 18.0 Å². The molecular weight excluding hydrogens is 232 g/mol. The maximum Gasteiger partial charge on any atom is 0.314 e. The van der Waals surface area contributed by atoms with Crippen LogP contribution in [-0.2, 0) is 4.79 Å². The lowest BCUT2D eigenvalue weighted by Crippen LogP contribution is -2.46. The first kappa shape index (κ1) is 16.7. The summed E-state index contributed by atoms with van der Waals surface area (Å²) in [4.78, 5) is 22.6. The number of amides is 2. The van der Waals surface area contributed by atoms with Gasteiger partial charge in [0.1, 0.15) is 0 Å². The molecule has 0 aromatic heterocycles. The van der Waals surface area contributed by atoms with Crippen molar-refractivity contribution in [2.75, 3.05) is 13.1 Å². The number of hydrogen-bond donors (Lipinski definition) is 3. The Morgan fingerprint density at radius 1 is 1.00 bits per heavy atom. The zero-order valence-corrected chi connectivity index (χ0v) is 12.1. The quantitative estimate of drug-likeness (QED) is 0.655. The highest BCUT2D eigenvalue weighted by Gasteiger charge is 2.31. The largest absolute Gasteiger partial charge is 0.481 e. The summed E-state index contributed by atoms with van der Waals surface area (Å²) in [5, 5.41) is 14.5. The van der Waals surface area contributed by atoms with E-state index in [4.69, 9.17) is 5.11 Å². The summed E-state index contributed by atoms with van der Waals surface area (Å²) in [5.41, 5.74) is -0.851. The summed E-state index contributed by atoms with van der Waals surface area (Å²) < 4.78 is 0. The number of carbonyl (C=O) groups excluding carboxylic acids is 1. The minimum absolute atomic E-state index is 0.0538. The highest BCUT2D eigenvalue weighted by atomic mass is 16.4. The van der Waals surface area contributed by atoms with Crippen molar-refractivity contribution in [2.24, 2.45) is 10.8 Å². The van der Waals surface area contributed by atoms with Crippen LogP contribution in [-0.4, -0.2) is 30.2 Å². The third-order valence-electron chi connectivity index (χ3n) is 3.62. The van der Waals surface area contributed by atoms with Gasteiger partial charge in [-0.1, -0.05) is 27.7 Å². The monoisotopic (exact) mass is 258 g/mol. The maximum atomic E-state index is 11.6. The van der Waals surface area contributed by atoms with Crippen LogP contribution in [0.5, 0.6) is 0 Å². The van der Waals surface area contributed by atoms with Gasteiger partial charge in [-0.25, -0.2) is 4.79 Å². The Morgan fingerprint density at radius 3 is 1.89 bits per heavy atom. The van der Waals surface area contributed by atoms with Crippen molar-refractivity contribution in [2.45, 2.75) is 47.5 Å². The average molecular weight is 258 g/mol. The van der Waals surface area contributed by atoms with Crippen LogP contribution < -0.4 is 10.6 Å². The molecule has 3 N–H and O–H groups in total. The van der Waals surface area contributed by atoms with Crippen molar-refractivity contribution in [1.29, 1.82) is 0 Å². The first-order chi connectivity index (χ1) is 8.17. The molecule has 106 valence electrons. The topological polar surface area (TPSA) is 78.4 Å². The Labute approximate surface area is 109 Å². The first-order valence-electron chi connectivity index (χ1n) is 6.42. The molecule has 0 rings (SSSR count). The number of carbonyl (C=O) groups is 2. The summed E-state index contributed by atoms with van der Waals surface area (Å²) >= 11 is 0. The van der Waals surface area contributed by atoms with Crippen LogP contribution in [0.4, 0.5) is 4.79 Å². The van der Waals surface area contributed by atoms with Gasteiger partial charge >= 0.3 is 12.0 Å². The summed E-state index contributed by atoms with van der Waals surface area (Å²) in [6, 6.07) is -0.308. The molecule has 0 fully saturated rings. The van der Waals surface area contributed by atoms with Crippen molar-refractivity contribution in [3.05, 3.63) is 0 Å². The maximum absolute atomic E-state index is 11.6. The van der Waals surface area contributed by atoms with Gasteiger partial charge in [-0.3, -0.25) is 4.79 Å². The Bertz CT molecular complexity index is 303. The standard InChI is InChI=1S/C13H26N2O3/c1-6-12(3,4)8-14-11(18)15-9-13(5,7-2)10(16)17/h6-9H2,1-5H3,(H,16,17)(H2,14,15,18). The van der Waals surface area contributed by atoms with Gasteiger partial charge in [-0.05, 0) is 25.2 Å². The van der Waals surface area contributed by atoms with E-state index in [1.54, 1.807) is 13.8 Å². The van der Waals surface area contributed by atoms with Gasteiger partial charge in [0.25, 0.3) is 0 Å². The van der Waals surface area contributed by atoms with Crippen molar-refractivity contribution in [3.8, 4) is 0 Å². The molecule has 0 spiro atoms. The normalized spacial score (nSPS) is 14.7. The van der Waals surface area contributed by atoms with Crippen molar-refractivity contribution >= 4 is 12.0 Å². The lowest BCUT2D eigenvalue weighted by molar-refractivity contribution is -0.147. The molecule has 0 aromatic rings. The van der Waals surface area contributed by atoms with Crippen LogP contribution in [0.1, 0.15) is 47.5 Å². The fourth-order valence-corrected chi connectivity index (χ4v) is 1.13. The molecule has 5 heteroatoms. The van der Waals surface area contributed by atoms with Gasteiger partial charge in [0.15, 0.2) is 0 Å². The van der Waals surface area contributed by atoms with Crippen molar-refractivity contribution in [1.82, 2.24) is 10.6 Å². The van der Waals surface area contributed by atoms with Crippen LogP contribution in [0.2, 0.25) is 0 Å². The summed E-state index contributed by atoms with van der Waals surface area (Å²) in [7, 11) is 0. The van der Waals surface area contributed by atoms with Crippen LogP contribution in [0.15, 0.2) is 0 Å². The molecule has 0 heterocycles. The van der Waals surface area contributed by atoms with Crippen LogP contribution >= 0.6 is 0 Å². The molecule has 1 unspecified atom stereocenters. The number of nitrogens with one attached hydrogen (secondary N) is 2. The zero-order chi connectivity index (χ0) is 14.4. The first-order valence-corrected chi connectivity index (χ1v) is 6.42. The summed E-state index contributed by atoms with van der Waals surface area (Å²) in [6.07, 6.45) is 1.44. The van der Waals surface area contributed by atoms with Crippen molar-refractivity contribution in [3.63, 3.8) is 0 Å². The Kier molecular flexibility index (Phi) is 6.15. The van der Waals surface area contributed by atoms with E-state index in [9.17, 15) is 9.59 Å². The molecule has 0 bridgehead atoms. The third kappa shape index (κ3) is 5.38. The van der Waals surface area contributed by atoms with E-state index in [0.717, 1.165) is 6.42 Å². The van der Waals surface area contributed by atoms with Crippen LogP contribution in [0, 0.1) is 10.8 Å².